The summed E-state index contributed by atoms with van der Waals surface area (Å²) in [5, 5.41) is 20.7. The van der Waals surface area contributed by atoms with Gasteiger partial charge in [0, 0.05) is 11.3 Å². The fourth-order valence-electron chi connectivity index (χ4n) is 6.94. The van der Waals surface area contributed by atoms with Crippen LogP contribution >= 0.6 is 0 Å². The molecule has 4 aliphatic carbocycles. The number of aliphatic hydroxyl groups is 1. The van der Waals surface area contributed by atoms with Crippen molar-refractivity contribution < 1.29 is 24.5 Å². The summed E-state index contributed by atoms with van der Waals surface area (Å²) < 4.78 is 5.94. The fraction of sp³-hybridized carbons (Fsp3) is 0.684. The van der Waals surface area contributed by atoms with Crippen LogP contribution in [0.3, 0.4) is 0 Å². The highest BCUT2D eigenvalue weighted by atomic mass is 16.6. The SMILES string of the molecule is C=C1C[C@]23C[C@H]1CC=C2[C@@]12CC[C@H](O)[C@](C)(C(=O)O1)[C@H]2[C@@H]3C(=O)O. The van der Waals surface area contributed by atoms with Crippen LogP contribution in [0.5, 0.6) is 0 Å². The monoisotopic (exact) mass is 330 g/mol. The highest BCUT2D eigenvalue weighted by molar-refractivity contribution is 5.87. The van der Waals surface area contributed by atoms with Gasteiger partial charge in [-0.15, -0.1) is 0 Å². The molecule has 0 aromatic carbocycles. The second-order valence-electron chi connectivity index (χ2n) is 8.66. The van der Waals surface area contributed by atoms with Crippen molar-refractivity contribution in [3.63, 3.8) is 0 Å². The van der Waals surface area contributed by atoms with Gasteiger partial charge in [-0.3, -0.25) is 9.59 Å². The Hall–Kier alpha value is -1.62. The summed E-state index contributed by atoms with van der Waals surface area (Å²) in [4.78, 5) is 25.1. The molecule has 4 bridgehead atoms. The van der Waals surface area contributed by atoms with Gasteiger partial charge in [-0.05, 0) is 50.5 Å². The number of allylic oxidation sites excluding steroid dienone is 2. The molecule has 0 aromatic heterocycles. The zero-order valence-corrected chi connectivity index (χ0v) is 13.7. The molecule has 24 heavy (non-hydrogen) atoms. The second kappa shape index (κ2) is 3.96. The predicted octanol–water partition coefficient (Wildman–Crippen LogP) is 2.06. The minimum atomic E-state index is -1.13. The first-order valence-corrected chi connectivity index (χ1v) is 8.80. The number of ether oxygens (including phenoxy) is 1. The minimum absolute atomic E-state index is 0.333. The first-order valence-electron chi connectivity index (χ1n) is 8.80. The number of carboxylic acids is 1. The summed E-state index contributed by atoms with van der Waals surface area (Å²) in [5.74, 6) is -2.16. The van der Waals surface area contributed by atoms with E-state index < -0.39 is 46.3 Å². The molecule has 4 fully saturated rings. The number of rotatable bonds is 1. The van der Waals surface area contributed by atoms with E-state index in [1.807, 2.05) is 0 Å². The molecule has 0 aromatic rings. The average molecular weight is 330 g/mol. The summed E-state index contributed by atoms with van der Waals surface area (Å²) in [6, 6.07) is 0. The minimum Gasteiger partial charge on any atom is -0.481 e. The van der Waals surface area contributed by atoms with Crippen LogP contribution in [0.2, 0.25) is 0 Å². The molecule has 2 N–H and O–H groups in total. The van der Waals surface area contributed by atoms with E-state index in [0.717, 1.165) is 24.0 Å². The van der Waals surface area contributed by atoms with Crippen molar-refractivity contribution in [2.45, 2.75) is 50.7 Å². The smallest absolute Gasteiger partial charge is 0.315 e. The third-order valence-electron chi connectivity index (χ3n) is 7.87. The first-order chi connectivity index (χ1) is 11.3. The van der Waals surface area contributed by atoms with E-state index in [9.17, 15) is 19.8 Å². The number of aliphatic carboxylic acids is 1. The van der Waals surface area contributed by atoms with Gasteiger partial charge in [0.1, 0.15) is 5.60 Å². The van der Waals surface area contributed by atoms with Crippen LogP contribution in [0.15, 0.2) is 23.8 Å². The lowest BCUT2D eigenvalue weighted by molar-refractivity contribution is -0.156. The Balaban J connectivity index is 1.80. The molecule has 1 spiro atoms. The summed E-state index contributed by atoms with van der Waals surface area (Å²) in [6.45, 7) is 5.89. The molecular formula is C19H22O5. The van der Waals surface area contributed by atoms with E-state index in [4.69, 9.17) is 4.74 Å². The molecule has 0 radical (unpaired) electrons. The number of esters is 1. The lowest BCUT2D eigenvalue weighted by atomic mass is 9.59. The van der Waals surface area contributed by atoms with Gasteiger partial charge in [0.05, 0.1) is 17.4 Å². The molecule has 0 unspecified atom stereocenters. The Morgan fingerprint density at radius 2 is 2.21 bits per heavy atom. The standard InChI is InChI=1S/C19H22O5/c1-9-7-18-8-10(9)3-4-11(18)19-6-5-12(20)17(2,16(23)24-19)14(19)13(18)15(21)22/h4,10,12-14,20H,1,3,5-8H2,2H3,(H,21,22)/t10-,12+,13-,14-,17+,18+,19-/m1/s1. The van der Waals surface area contributed by atoms with Gasteiger partial charge in [-0.2, -0.15) is 0 Å². The van der Waals surface area contributed by atoms with Crippen LogP contribution in [0.4, 0.5) is 0 Å². The van der Waals surface area contributed by atoms with Gasteiger partial charge in [-0.25, -0.2) is 0 Å². The summed E-state index contributed by atoms with van der Waals surface area (Å²) in [6.07, 6.45) is 4.61. The van der Waals surface area contributed by atoms with Crippen molar-refractivity contribution >= 4 is 11.9 Å². The molecule has 5 heteroatoms. The molecule has 1 saturated heterocycles. The fourth-order valence-corrected chi connectivity index (χ4v) is 6.94. The summed E-state index contributed by atoms with van der Waals surface area (Å²) in [5.41, 5.74) is -0.304. The maximum Gasteiger partial charge on any atom is 0.315 e. The molecule has 128 valence electrons. The average Bonchev–Trinajstić information content (AvgIpc) is 2.98. The van der Waals surface area contributed by atoms with Crippen molar-refractivity contribution in [1.29, 1.82) is 0 Å². The quantitative estimate of drug-likeness (QED) is 0.568. The predicted molar refractivity (Wildman–Crippen MR) is 83.8 cm³/mol. The van der Waals surface area contributed by atoms with Gasteiger partial charge in [0.15, 0.2) is 0 Å². The third kappa shape index (κ3) is 1.25. The van der Waals surface area contributed by atoms with Crippen LogP contribution in [-0.2, 0) is 14.3 Å². The lowest BCUT2D eigenvalue weighted by Gasteiger charge is -2.41. The van der Waals surface area contributed by atoms with Gasteiger partial charge in [0.2, 0.25) is 0 Å². The van der Waals surface area contributed by atoms with Crippen LogP contribution in [-0.4, -0.2) is 33.9 Å². The van der Waals surface area contributed by atoms with Crippen molar-refractivity contribution in [2.75, 3.05) is 0 Å². The molecular weight excluding hydrogens is 308 g/mol. The van der Waals surface area contributed by atoms with Gasteiger partial charge < -0.3 is 14.9 Å². The van der Waals surface area contributed by atoms with Crippen LogP contribution in [0, 0.1) is 28.6 Å². The van der Waals surface area contributed by atoms with E-state index >= 15 is 0 Å². The molecule has 1 heterocycles. The lowest BCUT2D eigenvalue weighted by Crippen LogP contribution is -2.52. The second-order valence-corrected chi connectivity index (χ2v) is 8.66. The van der Waals surface area contributed by atoms with Crippen molar-refractivity contribution in [3.05, 3.63) is 23.8 Å². The zero-order valence-electron chi connectivity index (χ0n) is 13.7. The Kier molecular flexibility index (Phi) is 2.42. The number of carbonyl (C=O) groups is 2. The number of hydrogen-bond acceptors (Lipinski definition) is 4. The van der Waals surface area contributed by atoms with Crippen LogP contribution in [0.25, 0.3) is 0 Å². The number of hydrogen-bond donors (Lipinski definition) is 2. The first kappa shape index (κ1) is 14.7. The largest absolute Gasteiger partial charge is 0.481 e. The van der Waals surface area contributed by atoms with Gasteiger partial charge >= 0.3 is 11.9 Å². The molecule has 5 nitrogen and oxygen atoms in total. The Labute approximate surface area is 140 Å². The van der Waals surface area contributed by atoms with E-state index in [0.29, 0.717) is 25.2 Å². The summed E-state index contributed by atoms with van der Waals surface area (Å²) >= 11 is 0. The van der Waals surface area contributed by atoms with Crippen molar-refractivity contribution in [3.8, 4) is 0 Å². The molecule has 5 rings (SSSR count). The van der Waals surface area contributed by atoms with Crippen molar-refractivity contribution in [1.82, 2.24) is 0 Å². The maximum atomic E-state index is 12.7. The topological polar surface area (TPSA) is 83.8 Å². The number of fused-ring (bicyclic) bond motifs is 1. The van der Waals surface area contributed by atoms with E-state index in [-0.39, 0.29) is 0 Å². The number of aliphatic hydroxyl groups excluding tert-OH is 1. The molecule has 5 aliphatic rings. The third-order valence-corrected chi connectivity index (χ3v) is 7.87. The normalized spacial score (nSPS) is 54.2. The summed E-state index contributed by atoms with van der Waals surface area (Å²) in [7, 11) is 0. The highest BCUT2D eigenvalue weighted by Crippen LogP contribution is 2.76. The van der Waals surface area contributed by atoms with Crippen molar-refractivity contribution in [2.24, 2.45) is 28.6 Å². The Bertz CT molecular complexity index is 738. The number of carbonyl (C=O) groups excluding carboxylic acids is 1. The van der Waals surface area contributed by atoms with Gasteiger partial charge in [-0.1, -0.05) is 18.2 Å². The van der Waals surface area contributed by atoms with Gasteiger partial charge in [0.25, 0.3) is 0 Å². The van der Waals surface area contributed by atoms with E-state index in [1.54, 1.807) is 6.92 Å². The van der Waals surface area contributed by atoms with Crippen LogP contribution in [0.1, 0.15) is 39.0 Å². The molecule has 3 saturated carbocycles. The number of carboxylic acid groups (broad SMARTS) is 1. The Morgan fingerprint density at radius 1 is 1.46 bits per heavy atom. The highest BCUT2D eigenvalue weighted by Gasteiger charge is 2.81. The van der Waals surface area contributed by atoms with E-state index in [2.05, 4.69) is 12.7 Å². The molecule has 0 amide bonds. The van der Waals surface area contributed by atoms with E-state index in [1.165, 1.54) is 0 Å². The Morgan fingerprint density at radius 3 is 2.92 bits per heavy atom. The zero-order chi connectivity index (χ0) is 17.1. The maximum absolute atomic E-state index is 12.7. The molecule has 1 aliphatic heterocycles. The van der Waals surface area contributed by atoms with Crippen LogP contribution < -0.4 is 0 Å². The molecule has 7 atom stereocenters.